The minimum absolute atomic E-state index is 0.158. The smallest absolute Gasteiger partial charge is 0.307 e. The maximum Gasteiger partial charge on any atom is 0.307 e. The lowest BCUT2D eigenvalue weighted by Crippen LogP contribution is -2.39. The van der Waals surface area contributed by atoms with Gasteiger partial charge in [-0.2, -0.15) is 0 Å². The molecule has 0 aromatic carbocycles. The van der Waals surface area contributed by atoms with E-state index in [1.807, 2.05) is 13.8 Å². The third-order valence-electron chi connectivity index (χ3n) is 3.91. The third kappa shape index (κ3) is 7.46. The molecule has 1 fully saturated rings. The number of nitrogens with zero attached hydrogens (tertiary/aromatic N) is 1. The van der Waals surface area contributed by atoms with E-state index < -0.39 is 0 Å². The van der Waals surface area contributed by atoms with Gasteiger partial charge in [0.25, 0.3) is 0 Å². The number of ether oxygens (including phenoxy) is 2. The minimum atomic E-state index is -0.158. The first kappa shape index (κ1) is 18.0. The van der Waals surface area contributed by atoms with Gasteiger partial charge in [-0.15, -0.1) is 0 Å². The van der Waals surface area contributed by atoms with Gasteiger partial charge in [0.2, 0.25) is 0 Å². The molecule has 0 amide bonds. The van der Waals surface area contributed by atoms with E-state index in [2.05, 4.69) is 4.90 Å². The van der Waals surface area contributed by atoms with Crippen molar-refractivity contribution in [3.63, 3.8) is 0 Å². The molecule has 0 unspecified atom stereocenters. The molecular weight excluding hydrogens is 270 g/mol. The van der Waals surface area contributed by atoms with Crippen molar-refractivity contribution in [3.8, 4) is 0 Å². The van der Waals surface area contributed by atoms with Crippen LogP contribution in [0.3, 0.4) is 0 Å². The van der Waals surface area contributed by atoms with E-state index in [0.717, 1.165) is 12.8 Å². The molecule has 0 spiro atoms. The van der Waals surface area contributed by atoms with Crippen molar-refractivity contribution in [2.24, 2.45) is 0 Å². The van der Waals surface area contributed by atoms with Crippen molar-refractivity contribution in [1.29, 1.82) is 0 Å². The second kappa shape index (κ2) is 10.6. The zero-order valence-electron chi connectivity index (χ0n) is 13.4. The summed E-state index contributed by atoms with van der Waals surface area (Å²) in [5.41, 5.74) is 0. The van der Waals surface area contributed by atoms with E-state index in [4.69, 9.17) is 9.47 Å². The number of esters is 2. The first-order valence-corrected chi connectivity index (χ1v) is 8.22. The molecule has 122 valence electrons. The summed E-state index contributed by atoms with van der Waals surface area (Å²) in [6, 6.07) is 0.489. The van der Waals surface area contributed by atoms with Crippen LogP contribution < -0.4 is 0 Å². The molecule has 0 saturated heterocycles. The predicted octanol–water partition coefficient (Wildman–Crippen LogP) is 2.53. The molecule has 1 saturated carbocycles. The molecule has 5 nitrogen and oxygen atoms in total. The molecular formula is C16H29NO4. The van der Waals surface area contributed by atoms with Crippen LogP contribution in [0, 0.1) is 0 Å². The summed E-state index contributed by atoms with van der Waals surface area (Å²) < 4.78 is 9.97. The normalized spacial score (nSPS) is 16.0. The summed E-state index contributed by atoms with van der Waals surface area (Å²) in [7, 11) is 0. The average Bonchev–Trinajstić information content (AvgIpc) is 2.49. The second-order valence-electron chi connectivity index (χ2n) is 5.44. The quantitative estimate of drug-likeness (QED) is 0.612. The Hall–Kier alpha value is -1.10. The lowest BCUT2D eigenvalue weighted by Gasteiger charge is -2.34. The van der Waals surface area contributed by atoms with E-state index in [0.29, 0.717) is 45.2 Å². The van der Waals surface area contributed by atoms with Gasteiger partial charge in [-0.3, -0.25) is 14.5 Å². The summed E-state index contributed by atoms with van der Waals surface area (Å²) in [6.07, 6.45) is 6.87. The molecule has 0 N–H and O–H groups in total. The standard InChI is InChI=1S/C16H29NO4/c1-3-20-15(18)10-12-17(13-11-16(19)21-4-2)14-8-6-5-7-9-14/h14H,3-13H2,1-2H3. The maximum absolute atomic E-state index is 11.5. The monoisotopic (exact) mass is 299 g/mol. The molecule has 0 radical (unpaired) electrons. The van der Waals surface area contributed by atoms with Gasteiger partial charge in [0.15, 0.2) is 0 Å². The van der Waals surface area contributed by atoms with E-state index in [1.165, 1.54) is 19.3 Å². The predicted molar refractivity (Wildman–Crippen MR) is 80.9 cm³/mol. The number of carbonyl (C=O) groups is 2. The average molecular weight is 299 g/mol. The van der Waals surface area contributed by atoms with Crippen LogP contribution in [0.4, 0.5) is 0 Å². The first-order valence-electron chi connectivity index (χ1n) is 8.22. The fraction of sp³-hybridized carbons (Fsp3) is 0.875. The number of carbonyl (C=O) groups excluding carboxylic acids is 2. The molecule has 5 heteroatoms. The van der Waals surface area contributed by atoms with E-state index in [9.17, 15) is 9.59 Å². The zero-order valence-corrected chi connectivity index (χ0v) is 13.4. The van der Waals surface area contributed by atoms with Gasteiger partial charge in [-0.25, -0.2) is 0 Å². The number of rotatable bonds is 9. The van der Waals surface area contributed by atoms with E-state index in [1.54, 1.807) is 0 Å². The van der Waals surface area contributed by atoms with Gasteiger partial charge in [0.05, 0.1) is 26.1 Å². The Balaban J connectivity index is 2.44. The summed E-state index contributed by atoms with van der Waals surface area (Å²) in [5.74, 6) is -0.316. The Kier molecular flexibility index (Phi) is 9.06. The van der Waals surface area contributed by atoms with Crippen LogP contribution >= 0.6 is 0 Å². The van der Waals surface area contributed by atoms with Crippen molar-refractivity contribution < 1.29 is 19.1 Å². The van der Waals surface area contributed by atoms with Crippen LogP contribution in [0.25, 0.3) is 0 Å². The summed E-state index contributed by atoms with van der Waals surface area (Å²) in [4.78, 5) is 25.3. The van der Waals surface area contributed by atoms with Gasteiger partial charge in [0.1, 0.15) is 0 Å². The van der Waals surface area contributed by atoms with Crippen LogP contribution in [-0.2, 0) is 19.1 Å². The Morgan fingerprint density at radius 3 is 1.81 bits per heavy atom. The highest BCUT2D eigenvalue weighted by Gasteiger charge is 2.22. The number of hydrogen-bond donors (Lipinski definition) is 0. The highest BCUT2D eigenvalue weighted by atomic mass is 16.5. The van der Waals surface area contributed by atoms with Crippen LogP contribution in [0.5, 0.6) is 0 Å². The van der Waals surface area contributed by atoms with Crippen molar-refractivity contribution >= 4 is 11.9 Å². The molecule has 21 heavy (non-hydrogen) atoms. The van der Waals surface area contributed by atoms with Gasteiger partial charge in [-0.1, -0.05) is 19.3 Å². The number of hydrogen-bond acceptors (Lipinski definition) is 5. The van der Waals surface area contributed by atoms with Gasteiger partial charge in [-0.05, 0) is 26.7 Å². The lowest BCUT2D eigenvalue weighted by atomic mass is 9.94. The van der Waals surface area contributed by atoms with Crippen LogP contribution in [0.15, 0.2) is 0 Å². The Bertz CT molecular complexity index is 291. The molecule has 0 aromatic heterocycles. The first-order chi connectivity index (χ1) is 10.2. The summed E-state index contributed by atoms with van der Waals surface area (Å²) >= 11 is 0. The van der Waals surface area contributed by atoms with Crippen molar-refractivity contribution in [1.82, 2.24) is 4.90 Å². The highest BCUT2D eigenvalue weighted by molar-refractivity contribution is 5.70. The Morgan fingerprint density at radius 2 is 1.38 bits per heavy atom. The summed E-state index contributed by atoms with van der Waals surface area (Å²) in [6.45, 7) is 5.82. The zero-order chi connectivity index (χ0) is 15.5. The van der Waals surface area contributed by atoms with Crippen molar-refractivity contribution in [2.45, 2.75) is 64.8 Å². The fourth-order valence-electron chi connectivity index (χ4n) is 2.86. The Morgan fingerprint density at radius 1 is 0.905 bits per heavy atom. The van der Waals surface area contributed by atoms with Crippen LogP contribution in [-0.4, -0.2) is 49.2 Å². The van der Waals surface area contributed by atoms with Gasteiger partial charge < -0.3 is 9.47 Å². The fourth-order valence-corrected chi connectivity index (χ4v) is 2.86. The molecule has 0 aliphatic heterocycles. The highest BCUT2D eigenvalue weighted by Crippen LogP contribution is 2.23. The molecule has 0 aromatic rings. The van der Waals surface area contributed by atoms with E-state index >= 15 is 0 Å². The molecule has 0 heterocycles. The maximum atomic E-state index is 11.5. The molecule has 0 bridgehead atoms. The molecule has 1 rings (SSSR count). The lowest BCUT2D eigenvalue weighted by molar-refractivity contribution is -0.143. The van der Waals surface area contributed by atoms with Crippen LogP contribution in [0.2, 0.25) is 0 Å². The third-order valence-corrected chi connectivity index (χ3v) is 3.91. The van der Waals surface area contributed by atoms with Gasteiger partial charge in [0, 0.05) is 19.1 Å². The topological polar surface area (TPSA) is 55.8 Å². The SMILES string of the molecule is CCOC(=O)CCN(CCC(=O)OCC)C1CCCCC1. The minimum Gasteiger partial charge on any atom is -0.466 e. The molecule has 1 aliphatic rings. The van der Waals surface area contributed by atoms with Crippen molar-refractivity contribution in [3.05, 3.63) is 0 Å². The molecule has 0 atom stereocenters. The van der Waals surface area contributed by atoms with Crippen LogP contribution in [0.1, 0.15) is 58.8 Å². The van der Waals surface area contributed by atoms with E-state index in [-0.39, 0.29) is 11.9 Å². The largest absolute Gasteiger partial charge is 0.466 e. The van der Waals surface area contributed by atoms with Crippen molar-refractivity contribution in [2.75, 3.05) is 26.3 Å². The second-order valence-corrected chi connectivity index (χ2v) is 5.44. The summed E-state index contributed by atoms with van der Waals surface area (Å²) in [5, 5.41) is 0. The van der Waals surface area contributed by atoms with Gasteiger partial charge >= 0.3 is 11.9 Å². The molecule has 1 aliphatic carbocycles. The Labute approximate surface area is 128 Å².